The molecule has 0 N–H and O–H groups in total. The Labute approximate surface area is 174 Å². The lowest BCUT2D eigenvalue weighted by Crippen LogP contribution is -2.42. The van der Waals surface area contributed by atoms with E-state index in [2.05, 4.69) is 10.3 Å². The van der Waals surface area contributed by atoms with Gasteiger partial charge in [-0.05, 0) is 42.7 Å². The fraction of sp³-hybridized carbons (Fsp3) is 0.300. The van der Waals surface area contributed by atoms with Gasteiger partial charge in [-0.25, -0.2) is 0 Å². The summed E-state index contributed by atoms with van der Waals surface area (Å²) in [4.78, 5) is 9.92. The molecule has 1 heterocycles. The van der Waals surface area contributed by atoms with Crippen LogP contribution in [0.1, 0.15) is 35.1 Å². The van der Waals surface area contributed by atoms with E-state index in [4.69, 9.17) is 32.9 Å². The van der Waals surface area contributed by atoms with Crippen LogP contribution in [-0.2, 0) is 21.7 Å². The summed E-state index contributed by atoms with van der Waals surface area (Å²) in [5, 5.41) is 7.98. The molecule has 4 rings (SSSR count). The van der Waals surface area contributed by atoms with Crippen molar-refractivity contribution in [1.82, 2.24) is 0 Å². The third-order valence-electron chi connectivity index (χ3n) is 5.10. The molecule has 0 bridgehead atoms. The minimum atomic E-state index is -4.73. The molecule has 4 nitrogen and oxygen atoms in total. The zero-order valence-electron chi connectivity index (χ0n) is 15.2. The van der Waals surface area contributed by atoms with Gasteiger partial charge in [-0.1, -0.05) is 45.6 Å². The van der Waals surface area contributed by atoms with Gasteiger partial charge in [0.1, 0.15) is 7.11 Å². The van der Waals surface area contributed by atoms with Crippen molar-refractivity contribution in [2.75, 3.05) is 7.11 Å². The summed E-state index contributed by atoms with van der Waals surface area (Å²) in [7, 11) is 1.46. The lowest BCUT2D eigenvalue weighted by atomic mass is 9.86. The number of aryl methyl sites for hydroxylation is 1. The number of hydrogen-bond acceptors (Lipinski definition) is 4. The Balaban J connectivity index is 1.73. The number of hydrogen-bond donors (Lipinski definition) is 0. The van der Waals surface area contributed by atoms with Crippen LogP contribution in [0.25, 0.3) is 0 Å². The molecule has 0 amide bonds. The standard InChI is InChI=1S/C20H15Cl2F3N2O2/c1-28-26-17-5-4-11-2-3-12(6-16(11)17)18-10-19(29-27-18,20(23,24)25)13-7-14(21)9-15(22)8-13/h2-3,6-9H,4-5,10H2,1H3/b26-17-. The van der Waals surface area contributed by atoms with Gasteiger partial charge in [0.2, 0.25) is 0 Å². The quantitative estimate of drug-likeness (QED) is 0.557. The van der Waals surface area contributed by atoms with Crippen molar-refractivity contribution in [2.24, 2.45) is 10.3 Å². The molecular weight excluding hydrogens is 428 g/mol. The smallest absolute Gasteiger partial charge is 0.399 e. The molecule has 0 saturated heterocycles. The summed E-state index contributed by atoms with van der Waals surface area (Å²) < 4.78 is 42.3. The van der Waals surface area contributed by atoms with E-state index in [0.29, 0.717) is 12.0 Å². The van der Waals surface area contributed by atoms with Gasteiger partial charge >= 0.3 is 6.18 Å². The zero-order valence-corrected chi connectivity index (χ0v) is 16.7. The Hall–Kier alpha value is -2.25. The van der Waals surface area contributed by atoms with Crippen molar-refractivity contribution in [3.8, 4) is 0 Å². The van der Waals surface area contributed by atoms with Crippen LogP contribution in [0, 0.1) is 0 Å². The molecule has 2 aromatic carbocycles. The average Bonchev–Trinajstić information content (AvgIpc) is 3.26. The van der Waals surface area contributed by atoms with Crippen LogP contribution in [0.15, 0.2) is 46.7 Å². The van der Waals surface area contributed by atoms with Crippen LogP contribution in [-0.4, -0.2) is 24.7 Å². The first-order valence-electron chi connectivity index (χ1n) is 8.75. The van der Waals surface area contributed by atoms with E-state index in [-0.39, 0.29) is 21.3 Å². The van der Waals surface area contributed by atoms with Gasteiger partial charge in [0.05, 0.1) is 11.4 Å². The summed E-state index contributed by atoms with van der Waals surface area (Å²) in [6, 6.07) is 9.16. The summed E-state index contributed by atoms with van der Waals surface area (Å²) in [5.41, 5.74) is 0.546. The van der Waals surface area contributed by atoms with Crippen LogP contribution < -0.4 is 0 Å². The lowest BCUT2D eigenvalue weighted by molar-refractivity contribution is -0.275. The first kappa shape index (κ1) is 20.0. The average molecular weight is 443 g/mol. The Morgan fingerprint density at radius 2 is 1.83 bits per heavy atom. The van der Waals surface area contributed by atoms with Crippen molar-refractivity contribution < 1.29 is 22.8 Å². The van der Waals surface area contributed by atoms with E-state index in [9.17, 15) is 13.2 Å². The SMILES string of the molecule is CO/N=C1/CCc2ccc(C3=NOC(c4cc(Cl)cc(Cl)c4)(C(F)(F)F)C3)cc21. The minimum Gasteiger partial charge on any atom is -0.399 e. The lowest BCUT2D eigenvalue weighted by Gasteiger charge is -2.29. The maximum atomic E-state index is 14.1. The number of fused-ring (bicyclic) bond motifs is 1. The Bertz CT molecular complexity index is 1020. The molecule has 9 heteroatoms. The maximum absolute atomic E-state index is 14.1. The van der Waals surface area contributed by atoms with Gasteiger partial charge in [-0.15, -0.1) is 0 Å². The minimum absolute atomic E-state index is 0.0890. The highest BCUT2D eigenvalue weighted by molar-refractivity contribution is 6.34. The molecule has 1 aliphatic carbocycles. The van der Waals surface area contributed by atoms with Crippen molar-refractivity contribution in [2.45, 2.75) is 31.0 Å². The number of rotatable bonds is 3. The van der Waals surface area contributed by atoms with Gasteiger partial charge in [0.25, 0.3) is 5.60 Å². The van der Waals surface area contributed by atoms with E-state index in [1.165, 1.54) is 25.3 Å². The number of alkyl halides is 3. The Kier molecular flexibility index (Phi) is 4.99. The molecule has 1 atom stereocenters. The van der Waals surface area contributed by atoms with Crippen LogP contribution in [0.3, 0.4) is 0 Å². The van der Waals surface area contributed by atoms with E-state index in [1.807, 2.05) is 6.07 Å². The molecule has 0 spiro atoms. The molecular formula is C20H15Cl2F3N2O2. The van der Waals surface area contributed by atoms with E-state index < -0.39 is 18.2 Å². The van der Waals surface area contributed by atoms with Gasteiger partial charge in [-0.3, -0.25) is 0 Å². The van der Waals surface area contributed by atoms with Crippen molar-refractivity contribution in [1.29, 1.82) is 0 Å². The normalized spacial score (nSPS) is 22.4. The van der Waals surface area contributed by atoms with Crippen LogP contribution in [0.2, 0.25) is 10.0 Å². The molecule has 2 aromatic rings. The summed E-state index contributed by atoms with van der Waals surface area (Å²) in [6.07, 6.45) is -3.72. The third-order valence-corrected chi connectivity index (χ3v) is 5.54. The molecule has 2 aliphatic rings. The highest BCUT2D eigenvalue weighted by Crippen LogP contribution is 2.49. The van der Waals surface area contributed by atoms with Crippen molar-refractivity contribution in [3.63, 3.8) is 0 Å². The van der Waals surface area contributed by atoms with Crippen molar-refractivity contribution >= 4 is 34.6 Å². The monoisotopic (exact) mass is 442 g/mol. The summed E-state index contributed by atoms with van der Waals surface area (Å²) in [6.45, 7) is 0. The van der Waals surface area contributed by atoms with Gasteiger partial charge in [-0.2, -0.15) is 13.2 Å². The second-order valence-corrected chi connectivity index (χ2v) is 7.75. The van der Waals surface area contributed by atoms with Crippen LogP contribution in [0.4, 0.5) is 13.2 Å². The predicted molar refractivity (Wildman–Crippen MR) is 105 cm³/mol. The predicted octanol–water partition coefficient (Wildman–Crippen LogP) is 5.87. The molecule has 1 unspecified atom stereocenters. The molecule has 0 radical (unpaired) electrons. The molecule has 0 fully saturated rings. The molecule has 0 aromatic heterocycles. The Morgan fingerprint density at radius 1 is 1.10 bits per heavy atom. The second-order valence-electron chi connectivity index (χ2n) is 6.88. The van der Waals surface area contributed by atoms with Crippen LogP contribution >= 0.6 is 23.2 Å². The summed E-state index contributed by atoms with van der Waals surface area (Å²) in [5.74, 6) is 0. The van der Waals surface area contributed by atoms with Gasteiger partial charge in [0.15, 0.2) is 0 Å². The Morgan fingerprint density at radius 3 is 2.48 bits per heavy atom. The molecule has 152 valence electrons. The molecule has 29 heavy (non-hydrogen) atoms. The van der Waals surface area contributed by atoms with E-state index in [0.717, 1.165) is 23.3 Å². The van der Waals surface area contributed by atoms with Gasteiger partial charge < -0.3 is 9.68 Å². The third kappa shape index (κ3) is 3.46. The fourth-order valence-electron chi connectivity index (χ4n) is 3.68. The largest absolute Gasteiger partial charge is 0.435 e. The highest BCUT2D eigenvalue weighted by atomic mass is 35.5. The van der Waals surface area contributed by atoms with E-state index >= 15 is 0 Å². The zero-order chi connectivity index (χ0) is 20.8. The maximum Gasteiger partial charge on any atom is 0.435 e. The second kappa shape index (κ2) is 7.22. The number of halogens is 5. The topological polar surface area (TPSA) is 43.2 Å². The first-order valence-corrected chi connectivity index (χ1v) is 9.51. The molecule has 0 saturated carbocycles. The highest BCUT2D eigenvalue weighted by Gasteiger charge is 2.62. The number of benzene rings is 2. The number of nitrogens with zero attached hydrogens (tertiary/aromatic N) is 2. The van der Waals surface area contributed by atoms with E-state index in [1.54, 1.807) is 12.1 Å². The van der Waals surface area contributed by atoms with Crippen LogP contribution in [0.5, 0.6) is 0 Å². The first-order chi connectivity index (χ1) is 13.7. The summed E-state index contributed by atoms with van der Waals surface area (Å²) >= 11 is 11.9. The molecule has 1 aliphatic heterocycles. The number of oxime groups is 2. The fourth-order valence-corrected chi connectivity index (χ4v) is 4.21. The van der Waals surface area contributed by atoms with Gasteiger partial charge in [0, 0.05) is 33.2 Å². The van der Waals surface area contributed by atoms with Crippen molar-refractivity contribution in [3.05, 3.63) is 68.7 Å².